The minimum absolute atomic E-state index is 0.183. The summed E-state index contributed by atoms with van der Waals surface area (Å²) in [5.74, 6) is -0.195. The number of pyridine rings is 1. The molecule has 0 radical (unpaired) electrons. The molecular weight excluding hydrogens is 353 g/mol. The maximum Gasteiger partial charge on any atom is 0.258 e. The van der Waals surface area contributed by atoms with Crippen molar-refractivity contribution in [1.82, 2.24) is 15.6 Å². The van der Waals surface area contributed by atoms with E-state index in [9.17, 15) is 9.59 Å². The van der Waals surface area contributed by atoms with E-state index >= 15 is 0 Å². The van der Waals surface area contributed by atoms with Crippen molar-refractivity contribution in [3.63, 3.8) is 0 Å². The van der Waals surface area contributed by atoms with Crippen molar-refractivity contribution in [1.29, 1.82) is 0 Å². The predicted molar refractivity (Wildman–Crippen MR) is 91.5 cm³/mol. The van der Waals surface area contributed by atoms with Crippen LogP contribution >= 0.6 is 23.2 Å². The van der Waals surface area contributed by atoms with Gasteiger partial charge >= 0.3 is 0 Å². The summed E-state index contributed by atoms with van der Waals surface area (Å²) in [5.41, 5.74) is 0.463. The van der Waals surface area contributed by atoms with E-state index < -0.39 is 0 Å². The van der Waals surface area contributed by atoms with Gasteiger partial charge in [0, 0.05) is 30.5 Å². The molecule has 0 atom stereocenters. The molecule has 126 valence electrons. The molecule has 1 aromatic heterocycles. The van der Waals surface area contributed by atoms with E-state index in [0.717, 1.165) is 0 Å². The van der Waals surface area contributed by atoms with Gasteiger partial charge in [0.2, 0.25) is 0 Å². The maximum absolute atomic E-state index is 11.8. The van der Waals surface area contributed by atoms with Gasteiger partial charge in [0.1, 0.15) is 5.75 Å². The lowest BCUT2D eigenvalue weighted by Gasteiger charge is -2.09. The van der Waals surface area contributed by atoms with Crippen LogP contribution < -0.4 is 15.4 Å². The molecule has 0 saturated carbocycles. The highest BCUT2D eigenvalue weighted by Crippen LogP contribution is 2.27. The summed E-state index contributed by atoms with van der Waals surface area (Å²) >= 11 is 11.7. The van der Waals surface area contributed by atoms with Crippen molar-refractivity contribution < 1.29 is 14.3 Å². The van der Waals surface area contributed by atoms with Gasteiger partial charge in [-0.2, -0.15) is 0 Å². The first-order valence-electron chi connectivity index (χ1n) is 7.09. The molecule has 1 aromatic carbocycles. The monoisotopic (exact) mass is 367 g/mol. The second-order valence-electron chi connectivity index (χ2n) is 4.71. The van der Waals surface area contributed by atoms with Crippen molar-refractivity contribution in [2.75, 3.05) is 19.7 Å². The molecule has 0 aliphatic heterocycles. The molecule has 8 heteroatoms. The van der Waals surface area contributed by atoms with Crippen LogP contribution in [0, 0.1) is 0 Å². The molecule has 0 aliphatic carbocycles. The van der Waals surface area contributed by atoms with Crippen LogP contribution in [0.15, 0.2) is 42.7 Å². The molecule has 2 aromatic rings. The van der Waals surface area contributed by atoms with Gasteiger partial charge in [-0.25, -0.2) is 0 Å². The molecule has 0 saturated heterocycles. The fourth-order valence-electron chi connectivity index (χ4n) is 1.76. The van der Waals surface area contributed by atoms with Gasteiger partial charge in [0.25, 0.3) is 11.8 Å². The van der Waals surface area contributed by atoms with Crippen molar-refractivity contribution in [3.05, 3.63) is 58.3 Å². The van der Waals surface area contributed by atoms with Gasteiger partial charge < -0.3 is 15.4 Å². The average Bonchev–Trinajstić information content (AvgIpc) is 2.58. The van der Waals surface area contributed by atoms with Crippen LogP contribution in [0.25, 0.3) is 0 Å². The third-order valence-corrected chi connectivity index (χ3v) is 3.44. The van der Waals surface area contributed by atoms with Gasteiger partial charge in [-0.15, -0.1) is 0 Å². The first-order chi connectivity index (χ1) is 11.6. The zero-order chi connectivity index (χ0) is 17.4. The highest BCUT2D eigenvalue weighted by molar-refractivity contribution is 6.35. The molecular formula is C16H15Cl2N3O3. The van der Waals surface area contributed by atoms with Crippen molar-refractivity contribution in [2.45, 2.75) is 0 Å². The molecule has 0 bridgehead atoms. The summed E-state index contributed by atoms with van der Waals surface area (Å²) in [6.07, 6.45) is 3.06. The number of rotatable bonds is 7. The molecule has 1 heterocycles. The number of nitrogens with one attached hydrogen (secondary N) is 2. The van der Waals surface area contributed by atoms with E-state index in [1.165, 1.54) is 12.3 Å². The van der Waals surface area contributed by atoms with Crippen LogP contribution in [0.1, 0.15) is 10.4 Å². The Morgan fingerprint density at radius 2 is 1.92 bits per heavy atom. The zero-order valence-electron chi connectivity index (χ0n) is 12.6. The number of amides is 2. The fourth-order valence-corrected chi connectivity index (χ4v) is 2.23. The van der Waals surface area contributed by atoms with E-state index in [-0.39, 0.29) is 25.0 Å². The van der Waals surface area contributed by atoms with Gasteiger partial charge in [0.05, 0.1) is 10.6 Å². The summed E-state index contributed by atoms with van der Waals surface area (Å²) in [7, 11) is 0. The largest absolute Gasteiger partial charge is 0.482 e. The Morgan fingerprint density at radius 3 is 2.62 bits per heavy atom. The molecule has 6 nitrogen and oxygen atoms in total. The molecule has 0 aliphatic rings. The second kappa shape index (κ2) is 9.10. The number of hydrogen-bond donors (Lipinski definition) is 2. The van der Waals surface area contributed by atoms with Crippen LogP contribution in [0.2, 0.25) is 10.0 Å². The first-order valence-corrected chi connectivity index (χ1v) is 7.84. The predicted octanol–water partition coefficient (Wildman–Crippen LogP) is 2.31. The Balaban J connectivity index is 1.65. The lowest BCUT2D eigenvalue weighted by Crippen LogP contribution is -2.36. The summed E-state index contributed by atoms with van der Waals surface area (Å²) in [4.78, 5) is 27.3. The normalized spacial score (nSPS) is 10.1. The van der Waals surface area contributed by atoms with Crippen LogP contribution in [0.4, 0.5) is 0 Å². The van der Waals surface area contributed by atoms with Crippen LogP contribution in [-0.2, 0) is 4.79 Å². The van der Waals surface area contributed by atoms with E-state index in [0.29, 0.717) is 27.9 Å². The molecule has 0 unspecified atom stereocenters. The quantitative estimate of drug-likeness (QED) is 0.735. The Morgan fingerprint density at radius 1 is 1.12 bits per heavy atom. The summed E-state index contributed by atoms with van der Waals surface area (Å²) in [6, 6.07) is 8.07. The zero-order valence-corrected chi connectivity index (χ0v) is 14.1. The molecule has 0 spiro atoms. The third kappa shape index (κ3) is 5.72. The Labute approximate surface area is 149 Å². The number of ether oxygens (including phenoxy) is 1. The lowest BCUT2D eigenvalue weighted by atomic mass is 10.3. The molecule has 24 heavy (non-hydrogen) atoms. The van der Waals surface area contributed by atoms with Gasteiger partial charge in [0.15, 0.2) is 6.61 Å². The molecule has 2 N–H and O–H groups in total. The minimum atomic E-state index is -0.323. The fraction of sp³-hybridized carbons (Fsp3) is 0.188. The Hall–Kier alpha value is -2.31. The van der Waals surface area contributed by atoms with Crippen molar-refractivity contribution >= 4 is 35.0 Å². The number of halogens is 2. The van der Waals surface area contributed by atoms with Gasteiger partial charge in [-0.05, 0) is 30.3 Å². The average molecular weight is 368 g/mol. The number of carbonyl (C=O) groups is 2. The van der Waals surface area contributed by atoms with Crippen molar-refractivity contribution in [3.8, 4) is 5.75 Å². The Kier molecular flexibility index (Phi) is 6.84. The van der Waals surface area contributed by atoms with Crippen LogP contribution in [-0.4, -0.2) is 36.5 Å². The van der Waals surface area contributed by atoms with Crippen molar-refractivity contribution in [2.24, 2.45) is 0 Å². The Bertz CT molecular complexity index is 711. The SMILES string of the molecule is O=C(COc1ccc(Cl)cc1Cl)NCCNC(=O)c1cccnc1. The lowest BCUT2D eigenvalue weighted by molar-refractivity contribution is -0.123. The smallest absolute Gasteiger partial charge is 0.258 e. The highest BCUT2D eigenvalue weighted by atomic mass is 35.5. The summed E-state index contributed by atoms with van der Waals surface area (Å²) in [6.45, 7) is 0.390. The first kappa shape index (κ1) is 18.0. The standard InChI is InChI=1S/C16H15Cl2N3O3/c17-12-3-4-14(13(18)8-12)24-10-15(22)20-6-7-21-16(23)11-2-1-5-19-9-11/h1-5,8-9H,6-7,10H2,(H,20,22)(H,21,23). The van der Waals surface area contributed by atoms with E-state index in [2.05, 4.69) is 15.6 Å². The topological polar surface area (TPSA) is 80.3 Å². The number of hydrogen-bond acceptors (Lipinski definition) is 4. The number of carbonyl (C=O) groups excluding carboxylic acids is 2. The number of benzene rings is 1. The van der Waals surface area contributed by atoms with Gasteiger partial charge in [-0.3, -0.25) is 14.6 Å². The highest BCUT2D eigenvalue weighted by Gasteiger charge is 2.07. The second-order valence-corrected chi connectivity index (χ2v) is 5.55. The number of nitrogens with zero attached hydrogens (tertiary/aromatic N) is 1. The molecule has 0 fully saturated rings. The van der Waals surface area contributed by atoms with Crippen LogP contribution in [0.5, 0.6) is 5.75 Å². The maximum atomic E-state index is 11.8. The molecule has 2 amide bonds. The van der Waals surface area contributed by atoms with Gasteiger partial charge in [-0.1, -0.05) is 23.2 Å². The van der Waals surface area contributed by atoms with E-state index in [1.807, 2.05) is 0 Å². The number of aromatic nitrogens is 1. The minimum Gasteiger partial charge on any atom is -0.482 e. The van der Waals surface area contributed by atoms with E-state index in [4.69, 9.17) is 27.9 Å². The van der Waals surface area contributed by atoms with E-state index in [1.54, 1.807) is 30.5 Å². The summed E-state index contributed by atoms with van der Waals surface area (Å²) < 4.78 is 5.30. The molecule has 2 rings (SSSR count). The van der Waals surface area contributed by atoms with Crippen LogP contribution in [0.3, 0.4) is 0 Å². The third-order valence-electron chi connectivity index (χ3n) is 2.91. The summed E-state index contributed by atoms with van der Waals surface area (Å²) in [5, 5.41) is 6.12.